The summed E-state index contributed by atoms with van der Waals surface area (Å²) in [7, 11) is 0. The first kappa shape index (κ1) is 14.3. The van der Waals surface area contributed by atoms with Crippen molar-refractivity contribution in [3.05, 3.63) is 35.4 Å². The fourth-order valence-electron chi connectivity index (χ4n) is 4.81. The summed E-state index contributed by atoms with van der Waals surface area (Å²) in [6, 6.07) is 9.86. The standard InChI is InChI=1S/C19H26N2O/c1-14(22)20-18-13-19(17-8-3-2-7-16(17)18)9-11-21(12-10-19)15-5-4-6-15/h2-3,7-8,15,18H,4-6,9-13H2,1H3,(H,20,22)/t18-/m1/s1. The van der Waals surface area contributed by atoms with Gasteiger partial charge >= 0.3 is 0 Å². The van der Waals surface area contributed by atoms with Gasteiger partial charge < -0.3 is 10.2 Å². The Morgan fingerprint density at radius 2 is 1.95 bits per heavy atom. The number of nitrogens with one attached hydrogen (secondary N) is 1. The van der Waals surface area contributed by atoms with Crippen LogP contribution >= 0.6 is 0 Å². The van der Waals surface area contributed by atoms with E-state index in [0.717, 1.165) is 12.5 Å². The molecule has 0 bridgehead atoms. The summed E-state index contributed by atoms with van der Waals surface area (Å²) >= 11 is 0. The zero-order valence-corrected chi connectivity index (χ0v) is 13.5. The minimum absolute atomic E-state index is 0.0868. The summed E-state index contributed by atoms with van der Waals surface area (Å²) in [6.45, 7) is 4.09. The summed E-state index contributed by atoms with van der Waals surface area (Å²) in [5, 5.41) is 3.17. The van der Waals surface area contributed by atoms with Crippen LogP contribution in [-0.2, 0) is 10.2 Å². The molecule has 1 saturated heterocycles. The van der Waals surface area contributed by atoms with Gasteiger partial charge in [-0.3, -0.25) is 4.79 Å². The number of carbonyl (C=O) groups excluding carboxylic acids is 1. The molecule has 1 amide bonds. The monoisotopic (exact) mass is 298 g/mol. The quantitative estimate of drug-likeness (QED) is 0.909. The van der Waals surface area contributed by atoms with Crippen molar-refractivity contribution in [1.29, 1.82) is 0 Å². The maximum absolute atomic E-state index is 11.5. The Bertz CT molecular complexity index is 571. The van der Waals surface area contributed by atoms with Gasteiger partial charge in [0.1, 0.15) is 0 Å². The Kier molecular flexibility index (Phi) is 3.48. The number of likely N-dealkylation sites (tertiary alicyclic amines) is 1. The van der Waals surface area contributed by atoms with Crippen LogP contribution in [0.2, 0.25) is 0 Å². The first-order chi connectivity index (χ1) is 10.7. The van der Waals surface area contributed by atoms with Crippen LogP contribution in [0.4, 0.5) is 0 Å². The molecule has 2 fully saturated rings. The number of benzene rings is 1. The van der Waals surface area contributed by atoms with E-state index in [0.29, 0.717) is 5.41 Å². The number of amides is 1. The van der Waals surface area contributed by atoms with E-state index in [9.17, 15) is 4.79 Å². The number of carbonyl (C=O) groups is 1. The highest BCUT2D eigenvalue weighted by atomic mass is 16.1. The van der Waals surface area contributed by atoms with Gasteiger partial charge in [-0.2, -0.15) is 0 Å². The number of hydrogen-bond donors (Lipinski definition) is 1. The van der Waals surface area contributed by atoms with Crippen molar-refractivity contribution < 1.29 is 4.79 Å². The smallest absolute Gasteiger partial charge is 0.217 e. The number of rotatable bonds is 2. The van der Waals surface area contributed by atoms with E-state index in [1.54, 1.807) is 6.92 Å². The molecule has 22 heavy (non-hydrogen) atoms. The Morgan fingerprint density at radius 3 is 2.59 bits per heavy atom. The number of piperidine rings is 1. The molecule has 1 heterocycles. The molecule has 1 aromatic carbocycles. The molecule has 1 aliphatic heterocycles. The third kappa shape index (κ3) is 2.26. The van der Waals surface area contributed by atoms with Crippen LogP contribution in [0.1, 0.15) is 62.6 Å². The zero-order chi connectivity index (χ0) is 15.2. The maximum Gasteiger partial charge on any atom is 0.217 e. The second kappa shape index (κ2) is 5.38. The number of hydrogen-bond acceptors (Lipinski definition) is 2. The van der Waals surface area contributed by atoms with Gasteiger partial charge in [-0.25, -0.2) is 0 Å². The zero-order valence-electron chi connectivity index (χ0n) is 13.5. The van der Waals surface area contributed by atoms with E-state index in [2.05, 4.69) is 34.5 Å². The van der Waals surface area contributed by atoms with Crippen molar-refractivity contribution in [2.45, 2.75) is 62.9 Å². The Hall–Kier alpha value is -1.35. The lowest BCUT2D eigenvalue weighted by atomic mass is 9.73. The summed E-state index contributed by atoms with van der Waals surface area (Å²) < 4.78 is 0. The van der Waals surface area contributed by atoms with E-state index in [-0.39, 0.29) is 11.9 Å². The molecular formula is C19H26N2O. The van der Waals surface area contributed by atoms with Crippen LogP contribution in [0.5, 0.6) is 0 Å². The molecule has 3 heteroatoms. The molecule has 118 valence electrons. The maximum atomic E-state index is 11.5. The second-order valence-electron chi connectivity index (χ2n) is 7.45. The van der Waals surface area contributed by atoms with E-state index in [1.165, 1.54) is 56.3 Å². The van der Waals surface area contributed by atoms with Gasteiger partial charge in [0, 0.05) is 18.4 Å². The highest BCUT2D eigenvalue weighted by Gasteiger charge is 2.46. The van der Waals surface area contributed by atoms with Gasteiger partial charge in [-0.1, -0.05) is 30.7 Å². The predicted octanol–water partition coefficient (Wildman–Crippen LogP) is 3.15. The lowest BCUT2D eigenvalue weighted by molar-refractivity contribution is -0.119. The van der Waals surface area contributed by atoms with E-state index < -0.39 is 0 Å². The summed E-state index contributed by atoms with van der Waals surface area (Å²) in [5.74, 6) is 0.0868. The predicted molar refractivity (Wildman–Crippen MR) is 87.7 cm³/mol. The van der Waals surface area contributed by atoms with Crippen LogP contribution in [0, 0.1) is 0 Å². The molecule has 1 saturated carbocycles. The van der Waals surface area contributed by atoms with Crippen LogP contribution in [0.15, 0.2) is 24.3 Å². The average Bonchev–Trinajstić information content (AvgIpc) is 2.74. The molecule has 1 N–H and O–H groups in total. The van der Waals surface area contributed by atoms with Gasteiger partial charge in [0.2, 0.25) is 5.91 Å². The highest BCUT2D eigenvalue weighted by Crippen LogP contribution is 2.51. The number of fused-ring (bicyclic) bond motifs is 2. The van der Waals surface area contributed by atoms with Crippen molar-refractivity contribution in [2.24, 2.45) is 0 Å². The molecule has 3 aliphatic rings. The van der Waals surface area contributed by atoms with Crippen molar-refractivity contribution >= 4 is 5.91 Å². The summed E-state index contributed by atoms with van der Waals surface area (Å²) in [5.41, 5.74) is 3.15. The Labute approximate surface area is 133 Å². The largest absolute Gasteiger partial charge is 0.349 e. The van der Waals surface area contributed by atoms with E-state index >= 15 is 0 Å². The Balaban J connectivity index is 1.56. The lowest BCUT2D eigenvalue weighted by Gasteiger charge is -2.46. The molecule has 1 spiro atoms. The molecule has 1 aromatic rings. The van der Waals surface area contributed by atoms with E-state index in [1.807, 2.05) is 0 Å². The van der Waals surface area contributed by atoms with Gasteiger partial charge in [0.15, 0.2) is 0 Å². The normalized spacial score (nSPS) is 27.4. The topological polar surface area (TPSA) is 32.3 Å². The third-order valence-corrected chi connectivity index (χ3v) is 6.23. The molecule has 4 rings (SSSR count). The molecule has 0 radical (unpaired) electrons. The minimum Gasteiger partial charge on any atom is -0.349 e. The van der Waals surface area contributed by atoms with Crippen molar-refractivity contribution in [3.63, 3.8) is 0 Å². The Morgan fingerprint density at radius 1 is 1.23 bits per heavy atom. The fraction of sp³-hybridized carbons (Fsp3) is 0.632. The van der Waals surface area contributed by atoms with Crippen LogP contribution < -0.4 is 5.32 Å². The molecular weight excluding hydrogens is 272 g/mol. The molecule has 1 atom stereocenters. The second-order valence-corrected chi connectivity index (χ2v) is 7.45. The summed E-state index contributed by atoms with van der Waals surface area (Å²) in [6.07, 6.45) is 7.80. The fourth-order valence-corrected chi connectivity index (χ4v) is 4.81. The van der Waals surface area contributed by atoms with Gasteiger partial charge in [-0.15, -0.1) is 0 Å². The van der Waals surface area contributed by atoms with Gasteiger partial charge in [0.05, 0.1) is 6.04 Å². The minimum atomic E-state index is 0.0868. The van der Waals surface area contributed by atoms with Crippen LogP contribution in [-0.4, -0.2) is 29.9 Å². The highest BCUT2D eigenvalue weighted by molar-refractivity contribution is 5.73. The molecule has 2 aliphatic carbocycles. The average molecular weight is 298 g/mol. The van der Waals surface area contributed by atoms with Crippen molar-refractivity contribution in [3.8, 4) is 0 Å². The molecule has 3 nitrogen and oxygen atoms in total. The van der Waals surface area contributed by atoms with Crippen molar-refractivity contribution in [1.82, 2.24) is 10.2 Å². The lowest BCUT2D eigenvalue weighted by Crippen LogP contribution is -2.48. The summed E-state index contributed by atoms with van der Waals surface area (Å²) in [4.78, 5) is 14.3. The van der Waals surface area contributed by atoms with Crippen LogP contribution in [0.25, 0.3) is 0 Å². The van der Waals surface area contributed by atoms with E-state index in [4.69, 9.17) is 0 Å². The first-order valence-corrected chi connectivity index (χ1v) is 8.78. The first-order valence-electron chi connectivity index (χ1n) is 8.78. The van der Waals surface area contributed by atoms with Crippen molar-refractivity contribution in [2.75, 3.05) is 13.1 Å². The van der Waals surface area contributed by atoms with Crippen LogP contribution in [0.3, 0.4) is 0 Å². The van der Waals surface area contributed by atoms with Gasteiger partial charge in [-0.05, 0) is 56.3 Å². The molecule has 0 unspecified atom stereocenters. The number of nitrogens with zero attached hydrogens (tertiary/aromatic N) is 1. The third-order valence-electron chi connectivity index (χ3n) is 6.23. The van der Waals surface area contributed by atoms with Gasteiger partial charge in [0.25, 0.3) is 0 Å². The SMILES string of the molecule is CC(=O)N[C@@H]1CC2(CCN(C3CCC3)CC2)c2ccccc21. The molecule has 0 aromatic heterocycles.